The summed E-state index contributed by atoms with van der Waals surface area (Å²) in [5.41, 5.74) is 2.24. The topological polar surface area (TPSA) is 60.8 Å². The Morgan fingerprint density at radius 1 is 1.32 bits per heavy atom. The molecule has 0 atom stereocenters. The molecule has 2 aromatic rings. The standard InChI is InChI=1S/C15H17N3O/c16-7-1-2-9-19-15-5-3-4-14(10-15)18-12-13-6-8-17-11-13/h3-6,8,10-11,17-18H,1-2,9,12H2. The Balaban J connectivity index is 1.83. The molecule has 0 spiro atoms. The number of benzene rings is 1. The van der Waals surface area contributed by atoms with E-state index in [1.54, 1.807) is 0 Å². The molecule has 0 fully saturated rings. The number of aromatic amines is 1. The van der Waals surface area contributed by atoms with Crippen LogP contribution in [0.4, 0.5) is 5.69 Å². The van der Waals surface area contributed by atoms with Gasteiger partial charge in [-0.1, -0.05) is 6.07 Å². The second kappa shape index (κ2) is 7.12. The van der Waals surface area contributed by atoms with E-state index >= 15 is 0 Å². The Labute approximate surface area is 113 Å². The van der Waals surface area contributed by atoms with E-state index < -0.39 is 0 Å². The van der Waals surface area contributed by atoms with Crippen molar-refractivity contribution in [3.8, 4) is 11.8 Å². The lowest BCUT2D eigenvalue weighted by Crippen LogP contribution is -2.00. The van der Waals surface area contributed by atoms with Crippen LogP contribution in [0.25, 0.3) is 0 Å². The minimum absolute atomic E-state index is 0.533. The van der Waals surface area contributed by atoms with Crippen LogP contribution >= 0.6 is 0 Å². The number of anilines is 1. The minimum Gasteiger partial charge on any atom is -0.493 e. The molecule has 1 aromatic heterocycles. The molecule has 2 rings (SSSR count). The molecule has 4 heteroatoms. The Hall–Kier alpha value is -2.41. The van der Waals surface area contributed by atoms with Crippen molar-refractivity contribution in [3.05, 3.63) is 48.3 Å². The molecule has 0 saturated heterocycles. The molecule has 0 unspecified atom stereocenters. The average molecular weight is 255 g/mol. The number of nitriles is 1. The highest BCUT2D eigenvalue weighted by Crippen LogP contribution is 2.18. The van der Waals surface area contributed by atoms with Crippen molar-refractivity contribution in [1.29, 1.82) is 5.26 Å². The molecule has 19 heavy (non-hydrogen) atoms. The van der Waals surface area contributed by atoms with E-state index in [0.29, 0.717) is 13.0 Å². The van der Waals surface area contributed by atoms with Crippen molar-refractivity contribution in [3.63, 3.8) is 0 Å². The number of hydrogen-bond donors (Lipinski definition) is 2. The van der Waals surface area contributed by atoms with E-state index in [9.17, 15) is 0 Å². The molecular formula is C15H17N3O. The van der Waals surface area contributed by atoms with Gasteiger partial charge in [0.2, 0.25) is 0 Å². The van der Waals surface area contributed by atoms with Crippen LogP contribution in [-0.4, -0.2) is 11.6 Å². The minimum atomic E-state index is 0.533. The molecule has 1 heterocycles. The SMILES string of the molecule is N#CCCCOc1cccc(NCc2cc[nH]c2)c1. The van der Waals surface area contributed by atoms with Crippen LogP contribution in [0, 0.1) is 11.3 Å². The fourth-order valence-corrected chi connectivity index (χ4v) is 1.71. The lowest BCUT2D eigenvalue weighted by Gasteiger charge is -2.09. The maximum atomic E-state index is 8.45. The van der Waals surface area contributed by atoms with Crippen molar-refractivity contribution in [1.82, 2.24) is 4.98 Å². The maximum Gasteiger partial charge on any atom is 0.121 e. The van der Waals surface area contributed by atoms with Gasteiger partial charge in [-0.15, -0.1) is 0 Å². The first-order chi connectivity index (χ1) is 9.38. The van der Waals surface area contributed by atoms with Crippen LogP contribution in [0.5, 0.6) is 5.75 Å². The summed E-state index contributed by atoms with van der Waals surface area (Å²) in [6.07, 6.45) is 5.17. The average Bonchev–Trinajstić information content (AvgIpc) is 2.95. The maximum absolute atomic E-state index is 8.45. The highest BCUT2D eigenvalue weighted by Gasteiger charge is 1.98. The van der Waals surface area contributed by atoms with Crippen LogP contribution in [0.1, 0.15) is 18.4 Å². The lowest BCUT2D eigenvalue weighted by molar-refractivity contribution is 0.313. The normalized spacial score (nSPS) is 9.84. The second-order valence-electron chi connectivity index (χ2n) is 4.21. The molecule has 98 valence electrons. The fraction of sp³-hybridized carbons (Fsp3) is 0.267. The van der Waals surface area contributed by atoms with Crippen LogP contribution in [0.15, 0.2) is 42.7 Å². The van der Waals surface area contributed by atoms with Gasteiger partial charge in [-0.25, -0.2) is 0 Å². The van der Waals surface area contributed by atoms with Gasteiger partial charge in [0.1, 0.15) is 5.75 Å². The van der Waals surface area contributed by atoms with Crippen molar-refractivity contribution in [2.24, 2.45) is 0 Å². The highest BCUT2D eigenvalue weighted by atomic mass is 16.5. The number of rotatable bonds is 7. The largest absolute Gasteiger partial charge is 0.493 e. The molecule has 4 nitrogen and oxygen atoms in total. The van der Waals surface area contributed by atoms with E-state index in [1.165, 1.54) is 5.56 Å². The summed E-state index contributed by atoms with van der Waals surface area (Å²) < 4.78 is 5.59. The highest BCUT2D eigenvalue weighted by molar-refractivity contribution is 5.48. The quantitative estimate of drug-likeness (QED) is 0.746. The van der Waals surface area contributed by atoms with Gasteiger partial charge in [-0.3, -0.25) is 0 Å². The van der Waals surface area contributed by atoms with Gasteiger partial charge in [-0.2, -0.15) is 5.26 Å². The first-order valence-corrected chi connectivity index (χ1v) is 6.34. The number of unbranched alkanes of at least 4 members (excludes halogenated alkanes) is 1. The molecule has 2 N–H and O–H groups in total. The van der Waals surface area contributed by atoms with E-state index in [1.807, 2.05) is 42.7 Å². The smallest absolute Gasteiger partial charge is 0.121 e. The van der Waals surface area contributed by atoms with Crippen LogP contribution in [-0.2, 0) is 6.54 Å². The molecule has 0 aliphatic carbocycles. The zero-order chi connectivity index (χ0) is 13.3. The molecular weight excluding hydrogens is 238 g/mol. The lowest BCUT2D eigenvalue weighted by atomic mass is 10.2. The Morgan fingerprint density at radius 2 is 2.26 bits per heavy atom. The third-order valence-corrected chi connectivity index (χ3v) is 2.69. The number of nitrogens with one attached hydrogen (secondary N) is 2. The monoisotopic (exact) mass is 255 g/mol. The zero-order valence-corrected chi connectivity index (χ0v) is 10.7. The van der Waals surface area contributed by atoms with Crippen molar-refractivity contribution >= 4 is 5.69 Å². The Morgan fingerprint density at radius 3 is 3.05 bits per heavy atom. The summed E-state index contributed by atoms with van der Waals surface area (Å²) in [4.78, 5) is 3.03. The van der Waals surface area contributed by atoms with Gasteiger partial charge in [0.05, 0.1) is 12.7 Å². The second-order valence-corrected chi connectivity index (χ2v) is 4.21. The first kappa shape index (κ1) is 13.0. The summed E-state index contributed by atoms with van der Waals surface area (Å²) in [6.45, 7) is 1.36. The number of nitrogens with zero attached hydrogens (tertiary/aromatic N) is 1. The third kappa shape index (κ3) is 4.40. The van der Waals surface area contributed by atoms with Gasteiger partial charge in [0.15, 0.2) is 0 Å². The predicted molar refractivity (Wildman–Crippen MR) is 74.9 cm³/mol. The molecule has 0 amide bonds. The van der Waals surface area contributed by atoms with Crippen LogP contribution in [0.3, 0.4) is 0 Å². The van der Waals surface area contributed by atoms with Crippen LogP contribution in [0.2, 0.25) is 0 Å². The van der Waals surface area contributed by atoms with E-state index in [4.69, 9.17) is 10.00 Å². The van der Waals surface area contributed by atoms with E-state index in [0.717, 1.165) is 24.4 Å². The summed E-state index contributed by atoms with van der Waals surface area (Å²) >= 11 is 0. The van der Waals surface area contributed by atoms with Gasteiger partial charge < -0.3 is 15.0 Å². The third-order valence-electron chi connectivity index (χ3n) is 2.69. The Bertz CT molecular complexity index is 529. The fourth-order valence-electron chi connectivity index (χ4n) is 1.71. The summed E-state index contributed by atoms with van der Waals surface area (Å²) in [5, 5.41) is 11.8. The molecule has 1 aromatic carbocycles. The number of ether oxygens (including phenoxy) is 1. The van der Waals surface area contributed by atoms with Crippen LogP contribution < -0.4 is 10.1 Å². The Kier molecular flexibility index (Phi) is 4.88. The summed E-state index contributed by atoms with van der Waals surface area (Å²) in [6, 6.07) is 12.0. The number of aromatic nitrogens is 1. The predicted octanol–water partition coefficient (Wildman–Crippen LogP) is 3.31. The molecule has 0 radical (unpaired) electrons. The van der Waals surface area contributed by atoms with Gasteiger partial charge in [-0.05, 0) is 30.2 Å². The molecule has 0 saturated carbocycles. The summed E-state index contributed by atoms with van der Waals surface area (Å²) in [5.74, 6) is 0.831. The zero-order valence-electron chi connectivity index (χ0n) is 10.7. The number of hydrogen-bond acceptors (Lipinski definition) is 3. The molecule has 0 aliphatic heterocycles. The van der Waals surface area contributed by atoms with Crippen molar-refractivity contribution in [2.45, 2.75) is 19.4 Å². The van der Waals surface area contributed by atoms with Gasteiger partial charge >= 0.3 is 0 Å². The molecule has 0 bridgehead atoms. The van der Waals surface area contributed by atoms with Gasteiger partial charge in [0, 0.05) is 37.1 Å². The van der Waals surface area contributed by atoms with Crippen molar-refractivity contribution in [2.75, 3.05) is 11.9 Å². The van der Waals surface area contributed by atoms with Gasteiger partial charge in [0.25, 0.3) is 0 Å². The molecule has 0 aliphatic rings. The number of H-pyrrole nitrogens is 1. The first-order valence-electron chi connectivity index (χ1n) is 6.34. The van der Waals surface area contributed by atoms with E-state index in [-0.39, 0.29) is 0 Å². The summed E-state index contributed by atoms with van der Waals surface area (Å²) in [7, 11) is 0. The van der Waals surface area contributed by atoms with Crippen molar-refractivity contribution < 1.29 is 4.74 Å². The van der Waals surface area contributed by atoms with E-state index in [2.05, 4.69) is 16.4 Å².